The maximum atomic E-state index is 2.69. The van der Waals surface area contributed by atoms with Crippen molar-refractivity contribution in [3.8, 4) is 44.5 Å². The summed E-state index contributed by atoms with van der Waals surface area (Å²) in [5.74, 6) is 0. The Labute approximate surface area is 428 Å². The quantitative estimate of drug-likeness (QED) is 0.133. The fraction of sp³-hybridized carbons (Fsp3) is 0.118. The molecular weight excluding hydrogens is 888 g/mol. The number of anilines is 6. The van der Waals surface area contributed by atoms with Gasteiger partial charge in [0.1, 0.15) is 0 Å². The standard InChI is InChI=1S/C68H55BN2S/c1-5-6-22-51-41-65-56(55-31-19-20-34-64(55)72-65)44-61(51)70-59-37-35-49(45-23-11-7-12-24-45)39-57(59)69-58-40-50(46-25-13-8-14-26-46)36-38-60(58)71(63-43-52(68(2,3)4)42-62(70)66(63)69)67-53(47-27-15-9-16-28-47)32-21-33-54(67)48-29-17-10-18-30-48/h7-21,23-44H,5-6,22H2,1-4H3. The molecule has 0 saturated heterocycles. The lowest BCUT2D eigenvalue weighted by Gasteiger charge is -2.46. The van der Waals surface area contributed by atoms with Gasteiger partial charge in [-0.25, -0.2) is 0 Å². The van der Waals surface area contributed by atoms with Gasteiger partial charge in [-0.2, -0.15) is 0 Å². The minimum Gasteiger partial charge on any atom is -0.311 e. The lowest BCUT2D eigenvalue weighted by molar-refractivity contribution is 0.590. The van der Waals surface area contributed by atoms with E-state index in [0.29, 0.717) is 0 Å². The van der Waals surface area contributed by atoms with Crippen molar-refractivity contribution in [2.75, 3.05) is 9.80 Å². The predicted molar refractivity (Wildman–Crippen MR) is 312 cm³/mol. The third-order valence-electron chi connectivity index (χ3n) is 15.2. The van der Waals surface area contributed by atoms with Crippen molar-refractivity contribution in [1.82, 2.24) is 0 Å². The molecule has 0 unspecified atom stereocenters. The van der Waals surface area contributed by atoms with Crippen LogP contribution in [0.1, 0.15) is 51.7 Å². The van der Waals surface area contributed by atoms with Gasteiger partial charge in [-0.15, -0.1) is 11.3 Å². The number of para-hydroxylation sites is 1. The molecule has 0 spiro atoms. The van der Waals surface area contributed by atoms with Crippen LogP contribution in [0.15, 0.2) is 224 Å². The van der Waals surface area contributed by atoms with Crippen molar-refractivity contribution >= 4 is 88.7 Å². The van der Waals surface area contributed by atoms with E-state index in [2.05, 4.69) is 262 Å². The summed E-state index contributed by atoms with van der Waals surface area (Å²) in [6, 6.07) is 84.6. The molecule has 346 valence electrons. The van der Waals surface area contributed by atoms with Crippen molar-refractivity contribution in [2.24, 2.45) is 0 Å². The van der Waals surface area contributed by atoms with Gasteiger partial charge in [0.2, 0.25) is 0 Å². The molecule has 0 radical (unpaired) electrons. The highest BCUT2D eigenvalue weighted by Gasteiger charge is 2.45. The van der Waals surface area contributed by atoms with Crippen molar-refractivity contribution in [3.63, 3.8) is 0 Å². The van der Waals surface area contributed by atoms with Gasteiger partial charge in [-0.1, -0.05) is 216 Å². The van der Waals surface area contributed by atoms with Gasteiger partial charge < -0.3 is 9.80 Å². The molecule has 3 heterocycles. The van der Waals surface area contributed by atoms with E-state index in [0.717, 1.165) is 19.3 Å². The van der Waals surface area contributed by atoms with Gasteiger partial charge in [0.05, 0.1) is 5.69 Å². The van der Waals surface area contributed by atoms with Crippen LogP contribution in [-0.4, -0.2) is 6.71 Å². The fourth-order valence-electron chi connectivity index (χ4n) is 11.6. The zero-order valence-electron chi connectivity index (χ0n) is 41.4. The first-order valence-corrected chi connectivity index (χ1v) is 26.5. The Bertz CT molecular complexity index is 3780. The minimum absolute atomic E-state index is 0.0808. The number of hydrogen-bond donors (Lipinski definition) is 0. The minimum atomic E-state index is -0.174. The van der Waals surface area contributed by atoms with Crippen LogP contribution in [0.5, 0.6) is 0 Å². The largest absolute Gasteiger partial charge is 0.311 e. The molecule has 72 heavy (non-hydrogen) atoms. The van der Waals surface area contributed by atoms with E-state index in [-0.39, 0.29) is 12.1 Å². The summed E-state index contributed by atoms with van der Waals surface area (Å²) < 4.78 is 2.68. The Morgan fingerprint density at radius 3 is 1.49 bits per heavy atom. The van der Waals surface area contributed by atoms with Crippen LogP contribution in [0.3, 0.4) is 0 Å². The molecule has 13 rings (SSSR count). The maximum Gasteiger partial charge on any atom is 0.252 e. The molecule has 0 N–H and O–H groups in total. The van der Waals surface area contributed by atoms with E-state index in [1.165, 1.54) is 126 Å². The normalized spacial score (nSPS) is 12.8. The van der Waals surface area contributed by atoms with E-state index in [1.807, 2.05) is 11.3 Å². The predicted octanol–water partition coefficient (Wildman–Crippen LogP) is 17.4. The third-order valence-corrected chi connectivity index (χ3v) is 16.3. The number of unbranched alkanes of at least 4 members (excludes halogenated alkanes) is 1. The first-order chi connectivity index (χ1) is 35.3. The molecule has 0 saturated carbocycles. The average molecular weight is 943 g/mol. The van der Waals surface area contributed by atoms with Crippen LogP contribution >= 0.6 is 11.3 Å². The lowest BCUT2D eigenvalue weighted by Crippen LogP contribution is -2.61. The van der Waals surface area contributed by atoms with Crippen molar-refractivity contribution < 1.29 is 0 Å². The Hall–Kier alpha value is -7.92. The molecule has 0 amide bonds. The number of thiophene rings is 1. The van der Waals surface area contributed by atoms with E-state index in [1.54, 1.807) is 0 Å². The zero-order chi connectivity index (χ0) is 48.5. The summed E-state index contributed by atoms with van der Waals surface area (Å²) in [4.78, 5) is 5.36. The zero-order valence-corrected chi connectivity index (χ0v) is 42.2. The average Bonchev–Trinajstić information content (AvgIpc) is 3.79. The molecule has 0 aliphatic carbocycles. The summed E-state index contributed by atoms with van der Waals surface area (Å²) in [5.41, 5.74) is 23.4. The molecule has 10 aromatic carbocycles. The third kappa shape index (κ3) is 7.39. The topological polar surface area (TPSA) is 6.48 Å². The number of fused-ring (bicyclic) bond motifs is 7. The summed E-state index contributed by atoms with van der Waals surface area (Å²) in [6.45, 7) is 9.37. The van der Waals surface area contributed by atoms with Crippen LogP contribution in [0.2, 0.25) is 0 Å². The van der Waals surface area contributed by atoms with Gasteiger partial charge >= 0.3 is 0 Å². The van der Waals surface area contributed by atoms with E-state index >= 15 is 0 Å². The maximum absolute atomic E-state index is 2.69. The Kier molecular flexibility index (Phi) is 10.9. The van der Waals surface area contributed by atoms with Crippen LogP contribution in [0.4, 0.5) is 34.1 Å². The molecular formula is C68H55BN2S. The smallest absolute Gasteiger partial charge is 0.252 e. The van der Waals surface area contributed by atoms with E-state index < -0.39 is 0 Å². The first-order valence-electron chi connectivity index (χ1n) is 25.7. The van der Waals surface area contributed by atoms with Gasteiger partial charge in [-0.05, 0) is 122 Å². The highest BCUT2D eigenvalue weighted by atomic mass is 32.1. The molecule has 1 aromatic heterocycles. The van der Waals surface area contributed by atoms with Crippen molar-refractivity contribution in [1.29, 1.82) is 0 Å². The van der Waals surface area contributed by atoms with Crippen LogP contribution in [0.25, 0.3) is 64.7 Å². The second kappa shape index (κ2) is 17.7. The monoisotopic (exact) mass is 942 g/mol. The fourth-order valence-corrected chi connectivity index (χ4v) is 12.8. The first kappa shape index (κ1) is 44.1. The Morgan fingerprint density at radius 1 is 0.417 bits per heavy atom. The molecule has 2 aliphatic rings. The van der Waals surface area contributed by atoms with Crippen LogP contribution < -0.4 is 26.2 Å². The number of hydrogen-bond acceptors (Lipinski definition) is 3. The second-order valence-corrected chi connectivity index (χ2v) is 21.8. The number of rotatable bonds is 9. The summed E-state index contributed by atoms with van der Waals surface area (Å²) in [7, 11) is 0. The number of aryl methyl sites for hydroxylation is 1. The summed E-state index contributed by atoms with van der Waals surface area (Å²) in [6.07, 6.45) is 3.23. The SMILES string of the molecule is CCCCc1cc2sc3ccccc3c2cc1N1c2ccc(-c3ccccc3)cc2B2c3cc(-c4ccccc4)ccc3N(c3c(-c4ccccc4)cccc3-c3ccccc3)c3cc(C(C)(C)C)cc1c32. The molecule has 2 nitrogen and oxygen atoms in total. The molecule has 11 aromatic rings. The van der Waals surface area contributed by atoms with Crippen LogP contribution in [-0.2, 0) is 11.8 Å². The molecule has 2 aliphatic heterocycles. The van der Waals surface area contributed by atoms with Gasteiger partial charge in [0, 0.05) is 59.7 Å². The Balaban J connectivity index is 1.20. The van der Waals surface area contributed by atoms with Gasteiger partial charge in [-0.3, -0.25) is 0 Å². The number of benzene rings is 10. The molecule has 0 fully saturated rings. The number of nitrogens with zero attached hydrogens (tertiary/aromatic N) is 2. The van der Waals surface area contributed by atoms with Gasteiger partial charge in [0.15, 0.2) is 0 Å². The highest BCUT2D eigenvalue weighted by molar-refractivity contribution is 7.25. The molecule has 0 atom stereocenters. The van der Waals surface area contributed by atoms with E-state index in [4.69, 9.17) is 0 Å². The summed E-state index contributed by atoms with van der Waals surface area (Å²) >= 11 is 1.92. The van der Waals surface area contributed by atoms with E-state index in [9.17, 15) is 0 Å². The van der Waals surface area contributed by atoms with Gasteiger partial charge in [0.25, 0.3) is 6.71 Å². The van der Waals surface area contributed by atoms with Crippen molar-refractivity contribution in [2.45, 2.75) is 52.4 Å². The lowest BCUT2D eigenvalue weighted by atomic mass is 9.33. The Morgan fingerprint density at radius 2 is 0.931 bits per heavy atom. The van der Waals surface area contributed by atoms with Crippen molar-refractivity contribution in [3.05, 3.63) is 236 Å². The molecule has 0 bridgehead atoms. The summed E-state index contributed by atoms with van der Waals surface area (Å²) in [5, 5.41) is 2.64. The highest BCUT2D eigenvalue weighted by Crippen LogP contribution is 2.52. The molecule has 4 heteroatoms. The van der Waals surface area contributed by atoms with Crippen LogP contribution in [0, 0.1) is 0 Å². The second-order valence-electron chi connectivity index (χ2n) is 20.7.